The van der Waals surface area contributed by atoms with Crippen molar-refractivity contribution in [1.82, 2.24) is 10.3 Å². The van der Waals surface area contributed by atoms with Crippen molar-refractivity contribution in [3.05, 3.63) is 40.3 Å². The van der Waals surface area contributed by atoms with Gasteiger partial charge < -0.3 is 10.6 Å². The summed E-state index contributed by atoms with van der Waals surface area (Å²) in [7, 11) is -3.36. The molecule has 0 aliphatic rings. The molecular weight excluding hydrogens is 360 g/mol. The summed E-state index contributed by atoms with van der Waals surface area (Å²) in [6.07, 6.45) is 1.73. The van der Waals surface area contributed by atoms with Crippen molar-refractivity contribution in [1.29, 1.82) is 0 Å². The molecule has 0 aliphatic carbocycles. The molecule has 1 heterocycles. The molecule has 0 saturated carbocycles. The first kappa shape index (κ1) is 19.2. The lowest BCUT2D eigenvalue weighted by molar-refractivity contribution is 0.252. The molecule has 1 aromatic carbocycles. The lowest BCUT2D eigenvalue weighted by Crippen LogP contribution is -2.30. The third-order valence-corrected chi connectivity index (χ3v) is 4.95. The monoisotopic (exact) mass is 382 g/mol. The Morgan fingerprint density at radius 3 is 2.64 bits per heavy atom. The summed E-state index contributed by atoms with van der Waals surface area (Å²) in [4.78, 5) is 16.5. The van der Waals surface area contributed by atoms with Crippen LogP contribution in [0.15, 0.2) is 29.6 Å². The van der Waals surface area contributed by atoms with Crippen LogP contribution in [0.1, 0.15) is 30.5 Å². The number of aromatic nitrogens is 1. The maximum absolute atomic E-state index is 11.9. The number of urea groups is 1. The van der Waals surface area contributed by atoms with Crippen molar-refractivity contribution < 1.29 is 13.2 Å². The summed E-state index contributed by atoms with van der Waals surface area (Å²) >= 11 is 1.63. The molecule has 0 saturated heterocycles. The predicted octanol–water partition coefficient (Wildman–Crippen LogP) is 3.00. The van der Waals surface area contributed by atoms with Crippen LogP contribution >= 0.6 is 11.3 Å². The van der Waals surface area contributed by atoms with Gasteiger partial charge in [0.25, 0.3) is 0 Å². The van der Waals surface area contributed by atoms with Gasteiger partial charge in [-0.1, -0.05) is 19.9 Å². The van der Waals surface area contributed by atoms with Crippen LogP contribution < -0.4 is 15.4 Å². The Balaban J connectivity index is 1.82. The van der Waals surface area contributed by atoms with Crippen LogP contribution in [0, 0.1) is 0 Å². The van der Waals surface area contributed by atoms with Gasteiger partial charge in [-0.2, -0.15) is 0 Å². The lowest BCUT2D eigenvalue weighted by Gasteiger charge is -2.09. The SMILES string of the molecule is CC(C)c1nc(CCNC(=O)Nc2cccc(NS(C)(=O)=O)c2)cs1. The maximum Gasteiger partial charge on any atom is 0.319 e. The zero-order valence-corrected chi connectivity index (χ0v) is 16.0. The van der Waals surface area contributed by atoms with Crippen molar-refractivity contribution in [2.75, 3.05) is 22.8 Å². The summed E-state index contributed by atoms with van der Waals surface area (Å²) in [5.41, 5.74) is 1.86. The van der Waals surface area contributed by atoms with Crippen molar-refractivity contribution in [3.8, 4) is 0 Å². The minimum atomic E-state index is -3.36. The fourth-order valence-electron chi connectivity index (χ4n) is 2.06. The second-order valence-electron chi connectivity index (χ2n) is 5.92. The van der Waals surface area contributed by atoms with E-state index in [-0.39, 0.29) is 6.03 Å². The fraction of sp³-hybridized carbons (Fsp3) is 0.375. The highest BCUT2D eigenvalue weighted by Gasteiger charge is 2.07. The molecule has 0 radical (unpaired) electrons. The molecule has 0 fully saturated rings. The molecule has 2 aromatic rings. The zero-order valence-electron chi connectivity index (χ0n) is 14.4. The molecular formula is C16H22N4O3S2. The molecule has 136 valence electrons. The van der Waals surface area contributed by atoms with Gasteiger partial charge in [-0.05, 0) is 18.2 Å². The number of nitrogens with zero attached hydrogens (tertiary/aromatic N) is 1. The Kier molecular flexibility index (Phi) is 6.38. The molecule has 9 heteroatoms. The number of sulfonamides is 1. The number of hydrogen-bond acceptors (Lipinski definition) is 5. The van der Waals surface area contributed by atoms with Crippen LogP contribution in [0.5, 0.6) is 0 Å². The van der Waals surface area contributed by atoms with E-state index in [1.54, 1.807) is 35.6 Å². The van der Waals surface area contributed by atoms with E-state index in [2.05, 4.69) is 34.2 Å². The highest BCUT2D eigenvalue weighted by Crippen LogP contribution is 2.19. The van der Waals surface area contributed by atoms with E-state index >= 15 is 0 Å². The van der Waals surface area contributed by atoms with Crippen molar-refractivity contribution >= 4 is 38.8 Å². The van der Waals surface area contributed by atoms with E-state index in [0.29, 0.717) is 30.3 Å². The van der Waals surface area contributed by atoms with Crippen molar-refractivity contribution in [2.45, 2.75) is 26.2 Å². The molecule has 1 aromatic heterocycles. The number of benzene rings is 1. The van der Waals surface area contributed by atoms with Gasteiger partial charge in [-0.15, -0.1) is 11.3 Å². The van der Waals surface area contributed by atoms with Crippen LogP contribution in [-0.2, 0) is 16.4 Å². The van der Waals surface area contributed by atoms with Gasteiger partial charge in [0, 0.05) is 30.0 Å². The first-order valence-electron chi connectivity index (χ1n) is 7.80. The number of amides is 2. The van der Waals surface area contributed by atoms with E-state index in [4.69, 9.17) is 0 Å². The highest BCUT2D eigenvalue weighted by molar-refractivity contribution is 7.92. The number of rotatable bonds is 7. The summed E-state index contributed by atoms with van der Waals surface area (Å²) in [6.45, 7) is 4.66. The Morgan fingerprint density at radius 2 is 2.00 bits per heavy atom. The third-order valence-electron chi connectivity index (χ3n) is 3.15. The van der Waals surface area contributed by atoms with Gasteiger partial charge in [-0.25, -0.2) is 18.2 Å². The van der Waals surface area contributed by atoms with E-state index in [1.165, 1.54) is 0 Å². The van der Waals surface area contributed by atoms with E-state index in [9.17, 15) is 13.2 Å². The number of anilines is 2. The van der Waals surface area contributed by atoms with Crippen molar-refractivity contribution in [3.63, 3.8) is 0 Å². The molecule has 7 nitrogen and oxygen atoms in total. The molecule has 2 rings (SSSR count). The van der Waals surface area contributed by atoms with Crippen LogP contribution in [0.2, 0.25) is 0 Å². The van der Waals surface area contributed by atoms with Gasteiger partial charge in [0.1, 0.15) is 0 Å². The van der Waals surface area contributed by atoms with E-state index in [1.807, 2.05) is 5.38 Å². The average Bonchev–Trinajstić information content (AvgIpc) is 2.95. The highest BCUT2D eigenvalue weighted by atomic mass is 32.2. The molecule has 0 bridgehead atoms. The van der Waals surface area contributed by atoms with Gasteiger partial charge >= 0.3 is 6.03 Å². The Morgan fingerprint density at radius 1 is 1.28 bits per heavy atom. The van der Waals surface area contributed by atoms with Crippen molar-refractivity contribution in [2.24, 2.45) is 0 Å². The smallest absolute Gasteiger partial charge is 0.319 e. The fourth-order valence-corrected chi connectivity index (χ4v) is 3.48. The van der Waals surface area contributed by atoms with Crippen LogP contribution in [-0.4, -0.2) is 32.2 Å². The summed E-state index contributed by atoms with van der Waals surface area (Å²) in [5, 5.41) is 8.54. The number of hydrogen-bond donors (Lipinski definition) is 3. The number of carbonyl (C=O) groups is 1. The summed E-state index contributed by atoms with van der Waals surface area (Å²) in [5.74, 6) is 0.405. The van der Waals surface area contributed by atoms with E-state index < -0.39 is 10.0 Å². The van der Waals surface area contributed by atoms with Crippen LogP contribution in [0.4, 0.5) is 16.2 Å². The second kappa shape index (κ2) is 8.30. The van der Waals surface area contributed by atoms with E-state index in [0.717, 1.165) is 17.0 Å². The molecule has 3 N–H and O–H groups in total. The lowest BCUT2D eigenvalue weighted by atomic mass is 10.2. The van der Waals surface area contributed by atoms with Gasteiger partial charge in [-0.3, -0.25) is 4.72 Å². The van der Waals surface area contributed by atoms with Gasteiger partial charge in [0.15, 0.2) is 0 Å². The zero-order chi connectivity index (χ0) is 18.4. The maximum atomic E-state index is 11.9. The van der Waals surface area contributed by atoms with Crippen LogP contribution in [0.25, 0.3) is 0 Å². The first-order chi connectivity index (χ1) is 11.7. The normalized spacial score (nSPS) is 11.4. The molecule has 0 aliphatic heterocycles. The number of carbonyl (C=O) groups excluding carboxylic acids is 1. The third kappa shape index (κ3) is 6.71. The molecule has 2 amide bonds. The first-order valence-corrected chi connectivity index (χ1v) is 10.6. The summed E-state index contributed by atoms with van der Waals surface area (Å²) in [6, 6.07) is 6.15. The standard InChI is InChI=1S/C16H22N4O3S2/c1-11(2)15-18-14(10-24-15)7-8-17-16(21)19-12-5-4-6-13(9-12)20-25(3,22)23/h4-6,9-11,20H,7-8H2,1-3H3,(H2,17,19,21). The minimum Gasteiger partial charge on any atom is -0.337 e. The van der Waals surface area contributed by atoms with Crippen LogP contribution in [0.3, 0.4) is 0 Å². The largest absolute Gasteiger partial charge is 0.337 e. The predicted molar refractivity (Wildman–Crippen MR) is 102 cm³/mol. The van der Waals surface area contributed by atoms with Gasteiger partial charge in [0.05, 0.1) is 22.6 Å². The Labute approximate surface area is 151 Å². The topological polar surface area (TPSA) is 100 Å². The molecule has 25 heavy (non-hydrogen) atoms. The molecule has 0 unspecified atom stereocenters. The summed E-state index contributed by atoms with van der Waals surface area (Å²) < 4.78 is 24.8. The minimum absolute atomic E-state index is 0.351. The number of thiazole rings is 1. The Hall–Kier alpha value is -2.13. The average molecular weight is 383 g/mol. The molecule has 0 atom stereocenters. The van der Waals surface area contributed by atoms with Gasteiger partial charge in [0.2, 0.25) is 10.0 Å². The second-order valence-corrected chi connectivity index (χ2v) is 8.56. The molecule has 0 spiro atoms. The quantitative estimate of drug-likeness (QED) is 0.685. The number of nitrogens with one attached hydrogen (secondary N) is 3. The Bertz CT molecular complexity index is 831.